The monoisotopic (exact) mass is 289 g/mol. The van der Waals surface area contributed by atoms with Gasteiger partial charge in [-0.15, -0.1) is 0 Å². The van der Waals surface area contributed by atoms with Gasteiger partial charge in [0.05, 0.1) is 6.54 Å². The van der Waals surface area contributed by atoms with Crippen molar-refractivity contribution in [3.8, 4) is 0 Å². The summed E-state index contributed by atoms with van der Waals surface area (Å²) in [4.78, 5) is 13.9. The van der Waals surface area contributed by atoms with Gasteiger partial charge in [-0.2, -0.15) is 0 Å². The van der Waals surface area contributed by atoms with Crippen LogP contribution in [-0.2, 0) is 6.54 Å². The molecule has 2 rings (SSSR count). The zero-order valence-electron chi connectivity index (χ0n) is 12.1. The van der Waals surface area contributed by atoms with Gasteiger partial charge >= 0.3 is 0 Å². The molecule has 0 fully saturated rings. The van der Waals surface area contributed by atoms with Gasteiger partial charge in [-0.1, -0.05) is 29.8 Å². The minimum Gasteiger partial charge on any atom is -0.295 e. The quantitative estimate of drug-likeness (QED) is 0.784. The summed E-state index contributed by atoms with van der Waals surface area (Å²) in [7, 11) is 1.82. The molecule has 0 saturated heterocycles. The predicted molar refractivity (Wildman–Crippen MR) is 78.2 cm³/mol. The normalized spacial score (nSPS) is 10.9. The summed E-state index contributed by atoms with van der Waals surface area (Å²) >= 11 is 0. The third kappa shape index (κ3) is 4.20. The first-order valence-electron chi connectivity index (χ1n) is 6.68. The highest BCUT2D eigenvalue weighted by atomic mass is 19.2. The van der Waals surface area contributed by atoms with Gasteiger partial charge in [-0.25, -0.2) is 8.78 Å². The third-order valence-electron chi connectivity index (χ3n) is 3.23. The molecule has 0 spiro atoms. The highest BCUT2D eigenvalue weighted by molar-refractivity contribution is 5.97. The average Bonchev–Trinajstić information content (AvgIpc) is 2.44. The molecule has 0 amide bonds. The number of ketones is 1. The first-order chi connectivity index (χ1) is 9.95. The minimum absolute atomic E-state index is 0.152. The number of carbonyl (C=O) groups is 1. The van der Waals surface area contributed by atoms with Gasteiger partial charge in [0.1, 0.15) is 0 Å². The Morgan fingerprint density at radius 2 is 1.71 bits per heavy atom. The fourth-order valence-electron chi connectivity index (χ4n) is 2.07. The lowest BCUT2D eigenvalue weighted by Gasteiger charge is -2.16. The van der Waals surface area contributed by atoms with E-state index in [1.165, 1.54) is 11.6 Å². The van der Waals surface area contributed by atoms with Gasteiger partial charge < -0.3 is 0 Å². The van der Waals surface area contributed by atoms with Crippen LogP contribution in [0.2, 0.25) is 0 Å². The lowest BCUT2D eigenvalue weighted by atomic mass is 10.1. The van der Waals surface area contributed by atoms with E-state index in [4.69, 9.17) is 0 Å². The van der Waals surface area contributed by atoms with E-state index in [9.17, 15) is 13.6 Å². The Kier molecular flexibility index (Phi) is 4.81. The smallest absolute Gasteiger partial charge is 0.176 e. The summed E-state index contributed by atoms with van der Waals surface area (Å²) in [6.45, 7) is 2.79. The van der Waals surface area contributed by atoms with Crippen LogP contribution in [0, 0.1) is 18.6 Å². The van der Waals surface area contributed by atoms with Crippen molar-refractivity contribution in [1.29, 1.82) is 0 Å². The molecule has 0 radical (unpaired) electrons. The van der Waals surface area contributed by atoms with E-state index < -0.39 is 11.6 Å². The standard InChI is InChI=1S/C17H17F2NO/c1-12-3-5-13(6-4-12)10-20(2)11-17(21)14-7-8-15(18)16(19)9-14/h3-9H,10-11H2,1-2H3. The molecule has 0 aromatic heterocycles. The first kappa shape index (κ1) is 15.3. The van der Waals surface area contributed by atoms with E-state index in [-0.39, 0.29) is 17.9 Å². The summed E-state index contributed by atoms with van der Waals surface area (Å²) in [5, 5.41) is 0. The van der Waals surface area contributed by atoms with Crippen LogP contribution in [-0.4, -0.2) is 24.3 Å². The Labute approximate surface area is 123 Å². The predicted octanol–water partition coefficient (Wildman–Crippen LogP) is 3.59. The number of halogens is 2. The molecule has 21 heavy (non-hydrogen) atoms. The van der Waals surface area contributed by atoms with Crippen molar-refractivity contribution in [2.45, 2.75) is 13.5 Å². The maximum absolute atomic E-state index is 13.1. The fourth-order valence-corrected chi connectivity index (χ4v) is 2.07. The molecule has 0 aliphatic rings. The van der Waals surface area contributed by atoms with Crippen LogP contribution in [0.15, 0.2) is 42.5 Å². The van der Waals surface area contributed by atoms with Crippen molar-refractivity contribution in [2.24, 2.45) is 0 Å². The molecule has 2 aromatic rings. The molecule has 2 aromatic carbocycles. The Bertz CT molecular complexity index is 638. The van der Waals surface area contributed by atoms with E-state index >= 15 is 0 Å². The summed E-state index contributed by atoms with van der Waals surface area (Å²) in [5.74, 6) is -2.18. The zero-order valence-corrected chi connectivity index (χ0v) is 12.1. The van der Waals surface area contributed by atoms with Crippen LogP contribution < -0.4 is 0 Å². The molecule has 2 nitrogen and oxygen atoms in total. The lowest BCUT2D eigenvalue weighted by Crippen LogP contribution is -2.25. The van der Waals surface area contributed by atoms with Crippen LogP contribution in [0.5, 0.6) is 0 Å². The molecule has 0 heterocycles. The van der Waals surface area contributed by atoms with E-state index in [2.05, 4.69) is 0 Å². The average molecular weight is 289 g/mol. The second-order valence-electron chi connectivity index (χ2n) is 5.21. The summed E-state index contributed by atoms with van der Waals surface area (Å²) in [5.41, 5.74) is 2.46. The number of rotatable bonds is 5. The van der Waals surface area contributed by atoms with E-state index in [0.29, 0.717) is 6.54 Å². The summed E-state index contributed by atoms with van der Waals surface area (Å²) in [6, 6.07) is 11.3. The number of hydrogen-bond acceptors (Lipinski definition) is 2. The molecule has 0 atom stereocenters. The first-order valence-corrected chi connectivity index (χ1v) is 6.68. The molecule has 0 aliphatic carbocycles. The summed E-state index contributed by atoms with van der Waals surface area (Å²) < 4.78 is 26.0. The molecule has 4 heteroatoms. The van der Waals surface area contributed by atoms with Crippen molar-refractivity contribution in [3.63, 3.8) is 0 Å². The summed E-state index contributed by atoms with van der Waals surface area (Å²) in [6.07, 6.45) is 0. The Balaban J connectivity index is 1.98. The van der Waals surface area contributed by atoms with Crippen LogP contribution in [0.3, 0.4) is 0 Å². The third-order valence-corrected chi connectivity index (χ3v) is 3.23. The molecule has 0 aliphatic heterocycles. The van der Waals surface area contributed by atoms with E-state index in [1.54, 1.807) is 0 Å². The topological polar surface area (TPSA) is 20.3 Å². The number of benzene rings is 2. The number of likely N-dealkylation sites (N-methyl/N-ethyl adjacent to an activating group) is 1. The van der Waals surface area contributed by atoms with Crippen molar-refractivity contribution in [1.82, 2.24) is 4.90 Å². The zero-order chi connectivity index (χ0) is 15.4. The fraction of sp³-hybridized carbons (Fsp3) is 0.235. The number of carbonyl (C=O) groups excluding carboxylic acids is 1. The molecule has 0 N–H and O–H groups in total. The van der Waals surface area contributed by atoms with Crippen molar-refractivity contribution in [3.05, 3.63) is 70.8 Å². The Hall–Kier alpha value is -2.07. The number of hydrogen-bond donors (Lipinski definition) is 0. The van der Waals surface area contributed by atoms with Gasteiger partial charge in [-0.3, -0.25) is 9.69 Å². The van der Waals surface area contributed by atoms with Gasteiger partial charge in [0.15, 0.2) is 17.4 Å². The van der Waals surface area contributed by atoms with Gasteiger partial charge in [0, 0.05) is 12.1 Å². The minimum atomic E-state index is -0.998. The highest BCUT2D eigenvalue weighted by Crippen LogP contribution is 2.11. The van der Waals surface area contributed by atoms with Crippen molar-refractivity contribution < 1.29 is 13.6 Å². The van der Waals surface area contributed by atoms with Gasteiger partial charge in [-0.05, 0) is 37.7 Å². The molecule has 0 unspecified atom stereocenters. The highest BCUT2D eigenvalue weighted by Gasteiger charge is 2.12. The number of Topliss-reactive ketones (excluding diaryl/α,β-unsaturated/α-hetero) is 1. The second-order valence-corrected chi connectivity index (χ2v) is 5.21. The van der Waals surface area contributed by atoms with Gasteiger partial charge in [0.25, 0.3) is 0 Å². The lowest BCUT2D eigenvalue weighted by molar-refractivity contribution is 0.0942. The Morgan fingerprint density at radius 3 is 2.33 bits per heavy atom. The number of nitrogens with zero attached hydrogens (tertiary/aromatic N) is 1. The van der Waals surface area contributed by atoms with Crippen LogP contribution in [0.25, 0.3) is 0 Å². The van der Waals surface area contributed by atoms with Gasteiger partial charge in [0.2, 0.25) is 0 Å². The maximum atomic E-state index is 13.1. The van der Waals surface area contributed by atoms with Crippen molar-refractivity contribution >= 4 is 5.78 Å². The second kappa shape index (κ2) is 6.59. The molecule has 0 bridgehead atoms. The SMILES string of the molecule is Cc1ccc(CN(C)CC(=O)c2ccc(F)c(F)c2)cc1. The van der Waals surface area contributed by atoms with E-state index in [0.717, 1.165) is 17.7 Å². The molecule has 0 saturated carbocycles. The Morgan fingerprint density at radius 1 is 1.05 bits per heavy atom. The van der Waals surface area contributed by atoms with Crippen LogP contribution in [0.4, 0.5) is 8.78 Å². The van der Waals surface area contributed by atoms with Crippen LogP contribution in [0.1, 0.15) is 21.5 Å². The van der Waals surface area contributed by atoms with Crippen LogP contribution >= 0.6 is 0 Å². The van der Waals surface area contributed by atoms with E-state index in [1.807, 2.05) is 43.1 Å². The number of aryl methyl sites for hydroxylation is 1. The van der Waals surface area contributed by atoms with Crippen molar-refractivity contribution in [2.75, 3.05) is 13.6 Å². The molecular weight excluding hydrogens is 272 g/mol. The maximum Gasteiger partial charge on any atom is 0.176 e. The molecular formula is C17H17F2NO. The molecule has 110 valence electrons. The largest absolute Gasteiger partial charge is 0.295 e.